The van der Waals surface area contributed by atoms with Gasteiger partial charge >= 0.3 is 6.18 Å². The lowest BCUT2D eigenvalue weighted by Gasteiger charge is -2.40. The van der Waals surface area contributed by atoms with Crippen LogP contribution < -0.4 is 5.32 Å². The van der Waals surface area contributed by atoms with Crippen LogP contribution in [0.4, 0.5) is 17.6 Å². The van der Waals surface area contributed by atoms with Crippen LogP contribution in [0, 0.1) is 11.7 Å². The molecule has 2 saturated heterocycles. The van der Waals surface area contributed by atoms with Crippen LogP contribution in [0.3, 0.4) is 0 Å². The Hall–Kier alpha value is -1.63. The molecule has 0 aliphatic carbocycles. The summed E-state index contributed by atoms with van der Waals surface area (Å²) in [5, 5.41) is 2.55. The SMILES string of the molecule is O=C1CC[C@@H]2C(C(F)(F)F)OC[C@]2(c2ccccc2F)N1. The maximum Gasteiger partial charge on any atom is 0.414 e. The number of hydrogen-bond donors (Lipinski definition) is 1. The van der Waals surface area contributed by atoms with Gasteiger partial charge in [0.2, 0.25) is 5.91 Å². The smallest absolute Gasteiger partial charge is 0.366 e. The molecule has 1 aromatic carbocycles. The van der Waals surface area contributed by atoms with Crippen molar-refractivity contribution in [1.82, 2.24) is 5.32 Å². The molecule has 21 heavy (non-hydrogen) atoms. The average Bonchev–Trinajstić information content (AvgIpc) is 2.78. The lowest BCUT2D eigenvalue weighted by Crippen LogP contribution is -2.57. The molecule has 1 aromatic rings. The zero-order valence-corrected chi connectivity index (χ0v) is 10.9. The van der Waals surface area contributed by atoms with Crippen molar-refractivity contribution in [3.05, 3.63) is 35.6 Å². The monoisotopic (exact) mass is 303 g/mol. The van der Waals surface area contributed by atoms with E-state index in [1.807, 2.05) is 0 Å². The van der Waals surface area contributed by atoms with Gasteiger partial charge < -0.3 is 10.1 Å². The Labute approximate surface area is 118 Å². The van der Waals surface area contributed by atoms with Gasteiger partial charge in [-0.15, -0.1) is 0 Å². The number of nitrogens with one attached hydrogen (secondary N) is 1. The van der Waals surface area contributed by atoms with E-state index in [0.717, 1.165) is 0 Å². The fourth-order valence-corrected chi connectivity index (χ4v) is 3.32. The van der Waals surface area contributed by atoms with Crippen LogP contribution in [-0.2, 0) is 15.1 Å². The summed E-state index contributed by atoms with van der Waals surface area (Å²) in [4.78, 5) is 11.7. The molecule has 114 valence electrons. The van der Waals surface area contributed by atoms with Crippen LogP contribution >= 0.6 is 0 Å². The third-order valence-electron chi connectivity index (χ3n) is 4.21. The highest BCUT2D eigenvalue weighted by atomic mass is 19.4. The molecule has 0 aromatic heterocycles. The Morgan fingerprint density at radius 2 is 2.00 bits per heavy atom. The molecule has 0 bridgehead atoms. The number of alkyl halides is 3. The summed E-state index contributed by atoms with van der Waals surface area (Å²) in [7, 11) is 0. The van der Waals surface area contributed by atoms with E-state index in [4.69, 9.17) is 4.74 Å². The second-order valence-corrected chi connectivity index (χ2v) is 5.42. The van der Waals surface area contributed by atoms with Crippen LogP contribution in [0.5, 0.6) is 0 Å². The summed E-state index contributed by atoms with van der Waals surface area (Å²) in [6.07, 6.45) is -6.53. The molecule has 2 aliphatic rings. The molecule has 2 heterocycles. The minimum absolute atomic E-state index is 0.0171. The molecule has 1 unspecified atom stereocenters. The van der Waals surface area contributed by atoms with Crippen molar-refractivity contribution in [2.24, 2.45) is 5.92 Å². The Kier molecular flexibility index (Phi) is 3.20. The Morgan fingerprint density at radius 1 is 1.29 bits per heavy atom. The Bertz CT molecular complexity index is 574. The number of amides is 1. The van der Waals surface area contributed by atoms with Crippen molar-refractivity contribution in [1.29, 1.82) is 0 Å². The van der Waals surface area contributed by atoms with Gasteiger partial charge in [-0.25, -0.2) is 4.39 Å². The van der Waals surface area contributed by atoms with E-state index in [1.54, 1.807) is 0 Å². The molecular weight excluding hydrogens is 290 g/mol. The van der Waals surface area contributed by atoms with E-state index < -0.39 is 29.6 Å². The highest BCUT2D eigenvalue weighted by Gasteiger charge is 2.62. The molecule has 0 radical (unpaired) electrons. The Morgan fingerprint density at radius 3 is 2.67 bits per heavy atom. The first kappa shape index (κ1) is 14.3. The fourth-order valence-electron chi connectivity index (χ4n) is 3.32. The van der Waals surface area contributed by atoms with E-state index in [-0.39, 0.29) is 30.9 Å². The van der Waals surface area contributed by atoms with E-state index in [9.17, 15) is 22.4 Å². The predicted molar refractivity (Wildman–Crippen MR) is 64.7 cm³/mol. The first-order valence-corrected chi connectivity index (χ1v) is 6.59. The number of carbonyl (C=O) groups excluding carboxylic acids is 1. The van der Waals surface area contributed by atoms with Crippen molar-refractivity contribution >= 4 is 5.91 Å². The highest BCUT2D eigenvalue weighted by molar-refractivity contribution is 5.78. The second kappa shape index (κ2) is 4.69. The molecule has 3 rings (SSSR count). The number of benzene rings is 1. The molecule has 2 fully saturated rings. The van der Waals surface area contributed by atoms with Gasteiger partial charge in [0.05, 0.1) is 12.1 Å². The summed E-state index contributed by atoms with van der Waals surface area (Å²) in [5.74, 6) is -2.05. The lowest BCUT2D eigenvalue weighted by molar-refractivity contribution is -0.218. The fraction of sp³-hybridized carbons (Fsp3) is 0.500. The van der Waals surface area contributed by atoms with Crippen molar-refractivity contribution < 1.29 is 27.1 Å². The van der Waals surface area contributed by atoms with Crippen molar-refractivity contribution in [2.75, 3.05) is 6.61 Å². The van der Waals surface area contributed by atoms with Gasteiger partial charge in [0, 0.05) is 17.9 Å². The van der Waals surface area contributed by atoms with E-state index in [2.05, 4.69) is 5.32 Å². The topological polar surface area (TPSA) is 38.3 Å². The van der Waals surface area contributed by atoms with E-state index in [0.29, 0.717) is 0 Å². The van der Waals surface area contributed by atoms with E-state index in [1.165, 1.54) is 24.3 Å². The van der Waals surface area contributed by atoms with Gasteiger partial charge in [-0.1, -0.05) is 18.2 Å². The number of rotatable bonds is 1. The number of halogens is 4. The third kappa shape index (κ3) is 2.19. The summed E-state index contributed by atoms with van der Waals surface area (Å²) in [6, 6.07) is 5.55. The first-order chi connectivity index (χ1) is 9.84. The van der Waals surface area contributed by atoms with Crippen LogP contribution in [0.2, 0.25) is 0 Å². The van der Waals surface area contributed by atoms with Crippen LogP contribution in [0.25, 0.3) is 0 Å². The summed E-state index contributed by atoms with van der Waals surface area (Å²) >= 11 is 0. The largest absolute Gasteiger partial charge is 0.414 e. The standard InChI is InChI=1S/C14H13F4NO2/c15-10-4-2-1-3-8(10)13-7-21-12(14(16,17)18)9(13)5-6-11(20)19-13/h1-4,9,12H,5-7H2,(H,19,20)/t9-,12?,13-/m1/s1. The number of hydrogen-bond acceptors (Lipinski definition) is 2. The predicted octanol–water partition coefficient (Wildman–Crippen LogP) is 2.51. The number of piperidine rings is 1. The molecule has 0 saturated carbocycles. The lowest BCUT2D eigenvalue weighted by atomic mass is 9.72. The van der Waals surface area contributed by atoms with Gasteiger partial charge in [0.15, 0.2) is 6.10 Å². The first-order valence-electron chi connectivity index (χ1n) is 6.59. The quantitative estimate of drug-likeness (QED) is 0.810. The Balaban J connectivity index is 2.08. The molecule has 7 heteroatoms. The molecule has 3 atom stereocenters. The number of ether oxygens (including phenoxy) is 1. The summed E-state index contributed by atoms with van der Waals surface area (Å²) in [5.41, 5.74) is -1.39. The van der Waals surface area contributed by atoms with Crippen molar-refractivity contribution in [3.63, 3.8) is 0 Å². The molecule has 1 N–H and O–H groups in total. The minimum Gasteiger partial charge on any atom is -0.366 e. The second-order valence-electron chi connectivity index (χ2n) is 5.42. The molecule has 3 nitrogen and oxygen atoms in total. The molecular formula is C14H13F4NO2. The zero-order valence-electron chi connectivity index (χ0n) is 10.9. The van der Waals surface area contributed by atoms with Crippen molar-refractivity contribution in [2.45, 2.75) is 30.7 Å². The molecule has 0 spiro atoms. The van der Waals surface area contributed by atoms with Crippen molar-refractivity contribution in [3.8, 4) is 0 Å². The van der Waals surface area contributed by atoms with E-state index >= 15 is 0 Å². The molecule has 1 amide bonds. The summed E-state index contributed by atoms with van der Waals surface area (Å²) in [6.45, 7) is -0.380. The number of fused-ring (bicyclic) bond motifs is 1. The number of carbonyl (C=O) groups is 1. The van der Waals surface area contributed by atoms with Gasteiger partial charge in [-0.2, -0.15) is 13.2 Å². The molecule has 2 aliphatic heterocycles. The average molecular weight is 303 g/mol. The third-order valence-corrected chi connectivity index (χ3v) is 4.21. The van der Waals surface area contributed by atoms with Gasteiger partial charge in [0.1, 0.15) is 5.82 Å². The minimum atomic E-state index is -4.54. The normalized spacial score (nSPS) is 32.7. The maximum atomic E-state index is 14.1. The van der Waals surface area contributed by atoms with Crippen LogP contribution in [0.15, 0.2) is 24.3 Å². The van der Waals surface area contributed by atoms with Crippen LogP contribution in [-0.4, -0.2) is 24.8 Å². The van der Waals surface area contributed by atoms with Crippen LogP contribution in [0.1, 0.15) is 18.4 Å². The maximum absolute atomic E-state index is 14.1. The highest BCUT2D eigenvalue weighted by Crippen LogP contribution is 2.49. The van der Waals surface area contributed by atoms with Gasteiger partial charge in [-0.05, 0) is 12.5 Å². The van der Waals surface area contributed by atoms with Gasteiger partial charge in [-0.3, -0.25) is 4.79 Å². The summed E-state index contributed by atoms with van der Waals surface area (Å²) < 4.78 is 58.2. The zero-order chi connectivity index (χ0) is 15.3. The van der Waals surface area contributed by atoms with Gasteiger partial charge in [0.25, 0.3) is 0 Å².